The van der Waals surface area contributed by atoms with Gasteiger partial charge in [0.25, 0.3) is 11.5 Å². The molecule has 8 nitrogen and oxygen atoms in total. The third-order valence-corrected chi connectivity index (χ3v) is 6.92. The van der Waals surface area contributed by atoms with E-state index in [-0.39, 0.29) is 17.2 Å². The van der Waals surface area contributed by atoms with Crippen LogP contribution in [0.1, 0.15) is 30.3 Å². The minimum absolute atomic E-state index is 0.188. The van der Waals surface area contributed by atoms with Crippen molar-refractivity contribution in [2.75, 3.05) is 25.0 Å². The van der Waals surface area contributed by atoms with Crippen LogP contribution in [-0.4, -0.2) is 45.8 Å². The molecule has 2 aromatic heterocycles. The van der Waals surface area contributed by atoms with Crippen LogP contribution in [-0.2, 0) is 6.54 Å². The Balaban J connectivity index is 1.42. The van der Waals surface area contributed by atoms with Gasteiger partial charge < -0.3 is 15.2 Å². The molecule has 0 bridgehead atoms. The van der Waals surface area contributed by atoms with Gasteiger partial charge in [0.2, 0.25) is 0 Å². The van der Waals surface area contributed by atoms with E-state index in [0.717, 1.165) is 36.5 Å². The van der Waals surface area contributed by atoms with Crippen molar-refractivity contribution >= 4 is 34.3 Å². The molecule has 0 radical (unpaired) electrons. The molecule has 0 unspecified atom stereocenters. The summed E-state index contributed by atoms with van der Waals surface area (Å²) in [4.78, 5) is 46.6. The first kappa shape index (κ1) is 21.2. The van der Waals surface area contributed by atoms with Crippen molar-refractivity contribution in [1.82, 2.24) is 19.9 Å². The normalized spacial score (nSPS) is 14.7. The van der Waals surface area contributed by atoms with Gasteiger partial charge in [-0.3, -0.25) is 14.2 Å². The molecule has 0 spiro atoms. The van der Waals surface area contributed by atoms with Crippen LogP contribution < -0.4 is 21.5 Å². The molecular formula is C22H25N5O3S. The molecule has 3 aromatic rings. The number of hydrogen-bond acceptors (Lipinski definition) is 6. The van der Waals surface area contributed by atoms with Crippen molar-refractivity contribution in [3.05, 3.63) is 63.1 Å². The molecule has 1 amide bonds. The number of nitrogens with zero attached hydrogens (tertiary/aromatic N) is 3. The van der Waals surface area contributed by atoms with E-state index in [1.165, 1.54) is 4.57 Å². The van der Waals surface area contributed by atoms with Crippen LogP contribution in [0.2, 0.25) is 0 Å². The number of carbonyl (C=O) groups is 1. The van der Waals surface area contributed by atoms with E-state index in [2.05, 4.69) is 20.2 Å². The number of anilines is 1. The summed E-state index contributed by atoms with van der Waals surface area (Å²) in [7, 11) is 1.59. The zero-order valence-electron chi connectivity index (χ0n) is 17.6. The van der Waals surface area contributed by atoms with Gasteiger partial charge in [-0.15, -0.1) is 11.8 Å². The summed E-state index contributed by atoms with van der Waals surface area (Å²) >= 11 is 1.78. The summed E-state index contributed by atoms with van der Waals surface area (Å²) in [6.45, 7) is 3.95. The van der Waals surface area contributed by atoms with Gasteiger partial charge in [0.15, 0.2) is 0 Å². The summed E-state index contributed by atoms with van der Waals surface area (Å²) < 4.78 is 1.21. The lowest BCUT2D eigenvalue weighted by Gasteiger charge is -2.33. The zero-order valence-corrected chi connectivity index (χ0v) is 18.4. The lowest BCUT2D eigenvalue weighted by molar-refractivity contribution is 0.0958. The highest BCUT2D eigenvalue weighted by atomic mass is 32.2. The summed E-state index contributed by atoms with van der Waals surface area (Å²) in [5.74, 6) is -0.188. The fourth-order valence-electron chi connectivity index (χ4n) is 3.85. The van der Waals surface area contributed by atoms with Crippen LogP contribution in [0.4, 0.5) is 5.69 Å². The smallest absolute Gasteiger partial charge is 0.328 e. The van der Waals surface area contributed by atoms with Crippen molar-refractivity contribution in [2.24, 2.45) is 0 Å². The number of nitrogens with one attached hydrogen (secondary N) is 2. The third-order valence-electron chi connectivity index (χ3n) is 5.59. The van der Waals surface area contributed by atoms with Crippen LogP contribution in [0.15, 0.2) is 51.0 Å². The van der Waals surface area contributed by atoms with E-state index >= 15 is 0 Å². The van der Waals surface area contributed by atoms with Crippen molar-refractivity contribution in [2.45, 2.75) is 36.5 Å². The summed E-state index contributed by atoms with van der Waals surface area (Å²) in [6, 6.07) is 9.35. The maximum Gasteiger partial charge on any atom is 0.328 e. The molecule has 4 rings (SSSR count). The zero-order chi connectivity index (χ0) is 22.0. The lowest BCUT2D eigenvalue weighted by atomic mass is 10.1. The van der Waals surface area contributed by atoms with E-state index in [0.29, 0.717) is 28.4 Å². The second kappa shape index (κ2) is 8.97. The molecule has 2 N–H and O–H groups in total. The molecule has 1 aliphatic heterocycles. The molecule has 1 fully saturated rings. The quantitative estimate of drug-likeness (QED) is 0.632. The maximum atomic E-state index is 12.4. The fourth-order valence-corrected chi connectivity index (χ4v) is 5.02. The van der Waals surface area contributed by atoms with Gasteiger partial charge in [-0.2, -0.15) is 0 Å². The third kappa shape index (κ3) is 4.36. The number of carbonyl (C=O) groups excluding carboxylic acids is 1. The van der Waals surface area contributed by atoms with Gasteiger partial charge in [-0.1, -0.05) is 0 Å². The van der Waals surface area contributed by atoms with Crippen molar-refractivity contribution in [3.63, 3.8) is 0 Å². The molecule has 1 aliphatic rings. The van der Waals surface area contributed by atoms with Gasteiger partial charge in [-0.25, -0.2) is 9.78 Å². The minimum atomic E-state index is -0.369. The number of amides is 1. The van der Waals surface area contributed by atoms with Gasteiger partial charge in [0.05, 0.1) is 22.8 Å². The van der Waals surface area contributed by atoms with Crippen molar-refractivity contribution < 1.29 is 4.79 Å². The highest BCUT2D eigenvalue weighted by molar-refractivity contribution is 8.00. The Morgan fingerprint density at radius 3 is 2.65 bits per heavy atom. The number of H-pyrrole nitrogens is 1. The Kier molecular flexibility index (Phi) is 6.13. The monoisotopic (exact) mass is 439 g/mol. The topological polar surface area (TPSA) is 100 Å². The summed E-state index contributed by atoms with van der Waals surface area (Å²) in [5.41, 5.74) is 1.40. The van der Waals surface area contributed by atoms with E-state index in [9.17, 15) is 14.4 Å². The molecule has 162 valence electrons. The van der Waals surface area contributed by atoms with Gasteiger partial charge >= 0.3 is 5.69 Å². The summed E-state index contributed by atoms with van der Waals surface area (Å²) in [5, 5.41) is 3.56. The Hall–Kier alpha value is -3.07. The fraction of sp³-hybridized carbons (Fsp3) is 0.364. The Morgan fingerprint density at radius 2 is 2.00 bits per heavy atom. The van der Waals surface area contributed by atoms with Gasteiger partial charge in [-0.05, 0) is 50.1 Å². The first-order valence-corrected chi connectivity index (χ1v) is 11.2. The first-order chi connectivity index (χ1) is 15.0. The number of thioether (sulfide) groups is 1. The number of fused-ring (bicyclic) bond motifs is 1. The second-order valence-electron chi connectivity index (χ2n) is 7.47. The average molecular weight is 440 g/mol. The van der Waals surface area contributed by atoms with Crippen LogP contribution >= 0.6 is 11.8 Å². The number of hydrogen-bond donors (Lipinski definition) is 2. The van der Waals surface area contributed by atoms with E-state index in [4.69, 9.17) is 0 Å². The minimum Gasteiger partial charge on any atom is -0.370 e. The average Bonchev–Trinajstić information content (AvgIpc) is 2.79. The Morgan fingerprint density at radius 1 is 1.23 bits per heavy atom. The molecule has 0 atom stereocenters. The lowest BCUT2D eigenvalue weighted by Crippen LogP contribution is -2.35. The number of rotatable bonds is 5. The molecule has 31 heavy (non-hydrogen) atoms. The molecule has 0 saturated carbocycles. The molecule has 9 heteroatoms. The predicted molar refractivity (Wildman–Crippen MR) is 123 cm³/mol. The van der Waals surface area contributed by atoms with Crippen LogP contribution in [0.3, 0.4) is 0 Å². The standard InChI is InChI=1S/C22H25N5O3S/c1-3-27-21(29)17-6-5-16(12-19(17)25-22(27)30)31-15-8-10-26(11-9-15)14-4-7-18(24-13-14)20(28)23-2/h4-7,12-13,15H,3,8-11H2,1-2H3,(H,23,28)(H,25,30). The number of piperidine rings is 1. The number of pyridine rings is 1. The Bertz CT molecular complexity index is 1210. The molecular weight excluding hydrogens is 414 g/mol. The van der Waals surface area contributed by atoms with Crippen LogP contribution in [0.25, 0.3) is 10.9 Å². The largest absolute Gasteiger partial charge is 0.370 e. The second-order valence-corrected chi connectivity index (χ2v) is 8.85. The molecule has 1 aromatic carbocycles. The highest BCUT2D eigenvalue weighted by Gasteiger charge is 2.21. The molecule has 3 heterocycles. The highest BCUT2D eigenvalue weighted by Crippen LogP contribution is 2.32. The molecule has 1 saturated heterocycles. The van der Waals surface area contributed by atoms with Crippen molar-refractivity contribution in [3.8, 4) is 0 Å². The van der Waals surface area contributed by atoms with Crippen LogP contribution in [0, 0.1) is 0 Å². The summed E-state index contributed by atoms with van der Waals surface area (Å²) in [6.07, 6.45) is 3.77. The number of aromatic amines is 1. The maximum absolute atomic E-state index is 12.4. The van der Waals surface area contributed by atoms with Gasteiger partial charge in [0.1, 0.15) is 5.69 Å². The van der Waals surface area contributed by atoms with Gasteiger partial charge in [0, 0.05) is 36.8 Å². The van der Waals surface area contributed by atoms with Crippen molar-refractivity contribution in [1.29, 1.82) is 0 Å². The number of aromatic nitrogens is 3. The number of benzene rings is 1. The Labute approximate surface area is 183 Å². The first-order valence-electron chi connectivity index (χ1n) is 10.4. The SMILES string of the molecule is CCn1c(=O)[nH]c2cc(SC3CCN(c4ccc(C(=O)NC)nc4)CC3)ccc2c1=O. The predicted octanol–water partition coefficient (Wildman–Crippen LogP) is 2.23. The van der Waals surface area contributed by atoms with E-state index < -0.39 is 0 Å². The molecule has 0 aliphatic carbocycles. The van der Waals surface area contributed by atoms with E-state index in [1.54, 1.807) is 44.1 Å². The van der Waals surface area contributed by atoms with E-state index in [1.807, 2.05) is 18.2 Å². The van der Waals surface area contributed by atoms with Crippen LogP contribution in [0.5, 0.6) is 0 Å².